The molecule has 6 nitrogen and oxygen atoms in total. The first kappa shape index (κ1) is 21.9. The second-order valence-electron chi connectivity index (χ2n) is 8.00. The molecule has 2 bridgehead atoms. The Morgan fingerprint density at radius 3 is 2.39 bits per heavy atom. The molecule has 0 spiro atoms. The molecule has 3 aliphatic carbocycles. The van der Waals surface area contributed by atoms with E-state index in [0.717, 1.165) is 18.2 Å². The van der Waals surface area contributed by atoms with Gasteiger partial charge in [0.15, 0.2) is 27.8 Å². The van der Waals surface area contributed by atoms with Crippen molar-refractivity contribution >= 4 is 39.3 Å². The fourth-order valence-corrected chi connectivity index (χ4v) is 6.86. The summed E-state index contributed by atoms with van der Waals surface area (Å²) in [6.45, 7) is 0. The number of anilines is 1. The topological polar surface area (TPSA) is 101 Å². The van der Waals surface area contributed by atoms with Crippen LogP contribution in [0.2, 0.25) is 5.02 Å². The summed E-state index contributed by atoms with van der Waals surface area (Å²) in [7, 11) is -3.94. The minimum Gasteiger partial charge on any atom is -0.382 e. The Balaban J connectivity index is 1.58. The van der Waals surface area contributed by atoms with E-state index in [9.17, 15) is 31.9 Å². The van der Waals surface area contributed by atoms with Crippen molar-refractivity contribution in [3.63, 3.8) is 0 Å². The summed E-state index contributed by atoms with van der Waals surface area (Å²) in [6, 6.07) is 6.58. The lowest BCUT2D eigenvalue weighted by molar-refractivity contribution is -0.176. The average molecular weight is 470 g/mol. The molecule has 2 unspecified atom stereocenters. The van der Waals surface area contributed by atoms with E-state index in [1.807, 2.05) is 0 Å². The summed E-state index contributed by atoms with van der Waals surface area (Å²) in [4.78, 5) is 23.5. The predicted molar refractivity (Wildman–Crippen MR) is 109 cm³/mol. The van der Waals surface area contributed by atoms with Crippen molar-refractivity contribution in [3.05, 3.63) is 58.6 Å². The van der Waals surface area contributed by atoms with Crippen LogP contribution in [0.25, 0.3) is 0 Å². The van der Waals surface area contributed by atoms with Gasteiger partial charge in [0.25, 0.3) is 5.91 Å². The number of benzene rings is 2. The first-order chi connectivity index (χ1) is 14.6. The molecule has 1 amide bonds. The highest BCUT2D eigenvalue weighted by atomic mass is 35.5. The third-order valence-electron chi connectivity index (χ3n) is 6.28. The van der Waals surface area contributed by atoms with Gasteiger partial charge in [-0.3, -0.25) is 4.79 Å². The summed E-state index contributed by atoms with van der Waals surface area (Å²) in [5.41, 5.74) is -1.50. The zero-order chi connectivity index (χ0) is 22.6. The van der Waals surface area contributed by atoms with Crippen LogP contribution in [-0.2, 0) is 14.6 Å². The number of rotatable bonds is 5. The first-order valence-electron chi connectivity index (χ1n) is 9.55. The fraction of sp³-hybridized carbons (Fsp3) is 0.333. The minimum atomic E-state index is -3.94. The third-order valence-corrected chi connectivity index (χ3v) is 8.93. The summed E-state index contributed by atoms with van der Waals surface area (Å²) in [5.74, 6) is -3.78. The Labute approximate surface area is 182 Å². The second kappa shape index (κ2) is 7.65. The molecule has 0 radical (unpaired) electrons. The molecule has 164 valence electrons. The molecule has 0 aromatic heterocycles. The van der Waals surface area contributed by atoms with Gasteiger partial charge in [-0.05, 0) is 61.4 Å². The number of halogens is 3. The van der Waals surface area contributed by atoms with Crippen molar-refractivity contribution < 1.29 is 31.9 Å². The van der Waals surface area contributed by atoms with Crippen LogP contribution in [0, 0.1) is 23.5 Å². The van der Waals surface area contributed by atoms with Crippen molar-refractivity contribution in [1.82, 2.24) is 0 Å². The maximum atomic E-state index is 13.4. The number of amides is 1. The van der Waals surface area contributed by atoms with Crippen molar-refractivity contribution in [3.8, 4) is 0 Å². The zero-order valence-electron chi connectivity index (χ0n) is 16.0. The normalized spacial score (nSPS) is 27.3. The second-order valence-corrected chi connectivity index (χ2v) is 10.6. The van der Waals surface area contributed by atoms with E-state index in [2.05, 4.69) is 5.32 Å². The fourth-order valence-electron chi connectivity index (χ4n) is 4.46. The van der Waals surface area contributed by atoms with Crippen molar-refractivity contribution in [2.24, 2.45) is 11.8 Å². The molecule has 0 aliphatic heterocycles. The third kappa shape index (κ3) is 3.64. The number of fused-ring (bicyclic) bond motifs is 2. The minimum absolute atomic E-state index is 0.00349. The molecule has 31 heavy (non-hydrogen) atoms. The first-order valence-corrected chi connectivity index (χ1v) is 11.5. The maximum Gasteiger partial charge on any atom is 0.255 e. The number of aldehydes is 1. The Bertz CT molecular complexity index is 1170. The van der Waals surface area contributed by atoms with Crippen LogP contribution < -0.4 is 5.32 Å². The van der Waals surface area contributed by atoms with Crippen molar-refractivity contribution in [1.29, 1.82) is 0 Å². The molecular weight excluding hydrogens is 452 g/mol. The molecule has 3 aliphatic rings. The van der Waals surface area contributed by atoms with Crippen LogP contribution in [0.4, 0.5) is 14.5 Å². The summed E-state index contributed by atoms with van der Waals surface area (Å²) >= 11 is 6.13. The predicted octanol–water partition coefficient (Wildman–Crippen LogP) is 3.37. The van der Waals surface area contributed by atoms with Gasteiger partial charge in [-0.2, -0.15) is 0 Å². The zero-order valence-corrected chi connectivity index (χ0v) is 17.6. The van der Waals surface area contributed by atoms with E-state index < -0.39 is 50.1 Å². The quantitative estimate of drug-likeness (QED) is 0.654. The number of carbonyl (C=O) groups is 2. The number of carbonyl (C=O) groups excluding carboxylic acids is 2. The Morgan fingerprint density at radius 1 is 1.10 bits per heavy atom. The highest BCUT2D eigenvalue weighted by molar-refractivity contribution is 7.92. The molecule has 0 heterocycles. The maximum absolute atomic E-state index is 13.4. The molecule has 2 N–H and O–H groups in total. The van der Waals surface area contributed by atoms with Gasteiger partial charge in [0.2, 0.25) is 0 Å². The molecular formula is C21H18ClF2NO5S. The number of aliphatic hydroxyl groups is 1. The van der Waals surface area contributed by atoms with E-state index in [1.54, 1.807) is 0 Å². The Morgan fingerprint density at radius 2 is 1.77 bits per heavy atom. The Kier molecular flexibility index (Phi) is 5.39. The van der Waals surface area contributed by atoms with Gasteiger partial charge in [-0.1, -0.05) is 11.6 Å². The number of nitrogens with one attached hydrogen (secondary N) is 1. The standard InChI is InChI=1S/C21H18ClF2NO5S/c22-16-3-1-11(20(27)25-14-2-4-17(23)18(24)9-14)5-19(16)31(29,30)15-7-12-6-13(8-15)21(12,28)10-26/h1-5,9-10,12-13,15,28H,6-8H2,(H,25,27). The lowest BCUT2D eigenvalue weighted by Gasteiger charge is -2.55. The highest BCUT2D eigenvalue weighted by Gasteiger charge is 2.60. The van der Waals surface area contributed by atoms with E-state index in [0.29, 0.717) is 12.7 Å². The summed E-state index contributed by atoms with van der Waals surface area (Å²) < 4.78 is 52.8. The molecule has 2 atom stereocenters. The molecule has 10 heteroatoms. The molecule has 2 aromatic rings. The number of sulfone groups is 1. The van der Waals surface area contributed by atoms with Gasteiger partial charge in [-0.25, -0.2) is 17.2 Å². The van der Waals surface area contributed by atoms with Crippen LogP contribution in [0.1, 0.15) is 29.6 Å². The smallest absolute Gasteiger partial charge is 0.255 e. The molecule has 5 rings (SSSR count). The monoisotopic (exact) mass is 469 g/mol. The lowest BCUT2D eigenvalue weighted by Crippen LogP contribution is -2.62. The van der Waals surface area contributed by atoms with Crippen LogP contribution in [0.3, 0.4) is 0 Å². The van der Waals surface area contributed by atoms with Gasteiger partial charge in [0.1, 0.15) is 5.60 Å². The summed E-state index contributed by atoms with van der Waals surface area (Å²) in [6.07, 6.45) is 1.32. The van der Waals surface area contributed by atoms with E-state index in [-0.39, 0.29) is 34.0 Å². The number of hydrogen-bond donors (Lipinski definition) is 2. The van der Waals surface area contributed by atoms with Crippen LogP contribution in [-0.4, -0.2) is 36.6 Å². The molecule has 2 aromatic carbocycles. The average Bonchev–Trinajstić information content (AvgIpc) is 2.75. The van der Waals surface area contributed by atoms with Crippen LogP contribution in [0.15, 0.2) is 41.3 Å². The summed E-state index contributed by atoms with van der Waals surface area (Å²) in [5, 5.41) is 11.8. The molecule has 3 saturated carbocycles. The Hall–Kier alpha value is -2.36. The lowest BCUT2D eigenvalue weighted by atomic mass is 9.54. The van der Waals surface area contributed by atoms with Crippen LogP contribution >= 0.6 is 11.6 Å². The van der Waals surface area contributed by atoms with Gasteiger partial charge < -0.3 is 15.2 Å². The highest BCUT2D eigenvalue weighted by Crippen LogP contribution is 2.54. The number of hydrogen-bond acceptors (Lipinski definition) is 5. The van der Waals surface area contributed by atoms with Gasteiger partial charge in [0, 0.05) is 17.3 Å². The largest absolute Gasteiger partial charge is 0.382 e. The van der Waals surface area contributed by atoms with E-state index >= 15 is 0 Å². The molecule has 0 saturated heterocycles. The SMILES string of the molecule is O=CC1(O)C2CC1CC(S(=O)(=O)c1cc(C(=O)Nc3ccc(F)c(F)c3)ccc1Cl)C2. The van der Waals surface area contributed by atoms with Crippen molar-refractivity contribution in [2.75, 3.05) is 5.32 Å². The molecule has 3 fully saturated rings. The van der Waals surface area contributed by atoms with Crippen molar-refractivity contribution in [2.45, 2.75) is 35.0 Å². The van der Waals surface area contributed by atoms with Crippen LogP contribution in [0.5, 0.6) is 0 Å². The van der Waals surface area contributed by atoms with Gasteiger partial charge in [0.05, 0.1) is 15.2 Å². The van der Waals surface area contributed by atoms with Gasteiger partial charge >= 0.3 is 0 Å². The van der Waals surface area contributed by atoms with E-state index in [4.69, 9.17) is 11.6 Å². The van der Waals surface area contributed by atoms with Gasteiger partial charge in [-0.15, -0.1) is 0 Å². The van der Waals surface area contributed by atoms with E-state index in [1.165, 1.54) is 18.2 Å².